The zero-order chi connectivity index (χ0) is 15.0. The molecule has 1 rings (SSSR count). The number of benzene rings is 1. The summed E-state index contributed by atoms with van der Waals surface area (Å²) in [4.78, 5) is 0. The number of ether oxygens (including phenoxy) is 2. The molecule has 0 amide bonds. The lowest BCUT2D eigenvalue weighted by molar-refractivity contribution is -0.0504. The summed E-state index contributed by atoms with van der Waals surface area (Å²) in [5, 5.41) is 3.64. The van der Waals surface area contributed by atoms with Crippen LogP contribution in [0.5, 0.6) is 5.75 Å². The summed E-state index contributed by atoms with van der Waals surface area (Å²) in [6.45, 7) is 2.94. The lowest BCUT2D eigenvalue weighted by Crippen LogP contribution is -2.18. The van der Waals surface area contributed by atoms with Crippen LogP contribution in [0.4, 0.5) is 8.78 Å². The second kappa shape index (κ2) is 9.10. The topological polar surface area (TPSA) is 30.5 Å². The standard InChI is InChI=1S/C14H20ClF2NO2/c1-10(2)19-7-3-6-18-9-11-8-12(15)4-5-13(11)20-14(16)17/h4-5,8,10,14,18H,3,6-7,9H2,1-2H3. The number of hydrogen-bond donors (Lipinski definition) is 1. The molecule has 3 nitrogen and oxygen atoms in total. The Labute approximate surface area is 123 Å². The van der Waals surface area contributed by atoms with E-state index < -0.39 is 6.61 Å². The summed E-state index contributed by atoms with van der Waals surface area (Å²) in [5.74, 6) is 0.148. The Bertz CT molecular complexity index is 403. The Balaban J connectivity index is 2.40. The van der Waals surface area contributed by atoms with Crippen molar-refractivity contribution in [3.63, 3.8) is 0 Å². The number of rotatable bonds is 9. The SMILES string of the molecule is CC(C)OCCCNCc1cc(Cl)ccc1OC(F)F. The highest BCUT2D eigenvalue weighted by Gasteiger charge is 2.09. The Morgan fingerprint density at radius 3 is 2.70 bits per heavy atom. The average molecular weight is 308 g/mol. The molecule has 1 aromatic carbocycles. The van der Waals surface area contributed by atoms with E-state index in [1.807, 2.05) is 13.8 Å². The summed E-state index contributed by atoms with van der Waals surface area (Å²) >= 11 is 5.86. The fraction of sp³-hybridized carbons (Fsp3) is 0.571. The number of nitrogens with one attached hydrogen (secondary N) is 1. The predicted molar refractivity (Wildman–Crippen MR) is 75.5 cm³/mol. The normalized spacial score (nSPS) is 11.3. The van der Waals surface area contributed by atoms with E-state index in [1.54, 1.807) is 6.07 Å². The molecule has 6 heteroatoms. The summed E-state index contributed by atoms with van der Waals surface area (Å²) in [7, 11) is 0. The van der Waals surface area contributed by atoms with Crippen LogP contribution in [-0.2, 0) is 11.3 Å². The molecular formula is C14H20ClF2NO2. The third-order valence-electron chi connectivity index (χ3n) is 2.50. The van der Waals surface area contributed by atoms with Crippen LogP contribution in [-0.4, -0.2) is 25.9 Å². The minimum Gasteiger partial charge on any atom is -0.434 e. The molecule has 1 aromatic rings. The van der Waals surface area contributed by atoms with Crippen LogP contribution in [0.15, 0.2) is 18.2 Å². The van der Waals surface area contributed by atoms with E-state index in [1.165, 1.54) is 12.1 Å². The van der Waals surface area contributed by atoms with Gasteiger partial charge in [0, 0.05) is 23.7 Å². The highest BCUT2D eigenvalue weighted by molar-refractivity contribution is 6.30. The maximum atomic E-state index is 12.3. The van der Waals surface area contributed by atoms with Gasteiger partial charge in [0.1, 0.15) is 5.75 Å². The number of hydrogen-bond acceptors (Lipinski definition) is 3. The Morgan fingerprint density at radius 2 is 2.05 bits per heavy atom. The average Bonchev–Trinajstić information content (AvgIpc) is 2.35. The molecule has 0 aliphatic carbocycles. The van der Waals surface area contributed by atoms with Crippen molar-refractivity contribution in [3.8, 4) is 5.75 Å². The quantitative estimate of drug-likeness (QED) is 0.703. The van der Waals surface area contributed by atoms with Gasteiger partial charge in [0.15, 0.2) is 0 Å². The minimum absolute atomic E-state index is 0.148. The van der Waals surface area contributed by atoms with Gasteiger partial charge in [0.2, 0.25) is 0 Å². The maximum Gasteiger partial charge on any atom is 0.387 e. The predicted octanol–water partition coefficient (Wildman–Crippen LogP) is 3.85. The highest BCUT2D eigenvalue weighted by atomic mass is 35.5. The molecule has 0 heterocycles. The van der Waals surface area contributed by atoms with Gasteiger partial charge in [-0.05, 0) is 45.0 Å². The van der Waals surface area contributed by atoms with Crippen LogP contribution in [0.2, 0.25) is 5.02 Å². The van der Waals surface area contributed by atoms with E-state index in [9.17, 15) is 8.78 Å². The van der Waals surface area contributed by atoms with Crippen molar-refractivity contribution in [1.82, 2.24) is 5.32 Å². The van der Waals surface area contributed by atoms with Crippen molar-refractivity contribution in [2.24, 2.45) is 0 Å². The fourth-order valence-electron chi connectivity index (χ4n) is 1.64. The van der Waals surface area contributed by atoms with Crippen LogP contribution < -0.4 is 10.1 Å². The second-order valence-corrected chi connectivity index (χ2v) is 5.02. The van der Waals surface area contributed by atoms with Crippen molar-refractivity contribution in [3.05, 3.63) is 28.8 Å². The monoisotopic (exact) mass is 307 g/mol. The smallest absolute Gasteiger partial charge is 0.387 e. The first kappa shape index (κ1) is 17.1. The van der Waals surface area contributed by atoms with Crippen LogP contribution in [0, 0.1) is 0 Å². The molecule has 0 radical (unpaired) electrons. The maximum absolute atomic E-state index is 12.3. The van der Waals surface area contributed by atoms with Crippen molar-refractivity contribution in [2.75, 3.05) is 13.2 Å². The lowest BCUT2D eigenvalue weighted by atomic mass is 10.2. The molecule has 0 fully saturated rings. The molecule has 0 atom stereocenters. The zero-order valence-electron chi connectivity index (χ0n) is 11.7. The van der Waals surface area contributed by atoms with Gasteiger partial charge in [-0.25, -0.2) is 0 Å². The van der Waals surface area contributed by atoms with Gasteiger partial charge < -0.3 is 14.8 Å². The van der Waals surface area contributed by atoms with E-state index in [2.05, 4.69) is 10.1 Å². The number of alkyl halides is 2. The molecule has 0 saturated heterocycles. The summed E-state index contributed by atoms with van der Waals surface area (Å²) in [6.07, 6.45) is 1.07. The summed E-state index contributed by atoms with van der Waals surface area (Å²) in [6, 6.07) is 4.60. The summed E-state index contributed by atoms with van der Waals surface area (Å²) < 4.78 is 34.4. The van der Waals surface area contributed by atoms with E-state index >= 15 is 0 Å². The second-order valence-electron chi connectivity index (χ2n) is 4.58. The molecule has 0 spiro atoms. The third kappa shape index (κ3) is 7.03. The van der Waals surface area contributed by atoms with Gasteiger partial charge in [-0.2, -0.15) is 8.78 Å². The van der Waals surface area contributed by atoms with Crippen molar-refractivity contribution < 1.29 is 18.3 Å². The molecule has 0 bridgehead atoms. The zero-order valence-corrected chi connectivity index (χ0v) is 12.4. The molecule has 0 aliphatic rings. The molecule has 0 aromatic heterocycles. The van der Waals surface area contributed by atoms with Crippen LogP contribution in [0.1, 0.15) is 25.8 Å². The minimum atomic E-state index is -2.84. The first-order valence-corrected chi connectivity index (χ1v) is 6.92. The largest absolute Gasteiger partial charge is 0.434 e. The molecule has 0 aliphatic heterocycles. The van der Waals surface area contributed by atoms with Gasteiger partial charge in [0.25, 0.3) is 0 Å². The van der Waals surface area contributed by atoms with Gasteiger partial charge in [-0.1, -0.05) is 11.6 Å². The van der Waals surface area contributed by atoms with Gasteiger partial charge in [-0.15, -0.1) is 0 Å². The molecular weight excluding hydrogens is 288 g/mol. The van der Waals surface area contributed by atoms with E-state index in [4.69, 9.17) is 16.3 Å². The van der Waals surface area contributed by atoms with Gasteiger partial charge in [-0.3, -0.25) is 0 Å². The molecule has 0 unspecified atom stereocenters. The van der Waals surface area contributed by atoms with Crippen molar-refractivity contribution >= 4 is 11.6 Å². The molecule has 114 valence electrons. The highest BCUT2D eigenvalue weighted by Crippen LogP contribution is 2.24. The van der Waals surface area contributed by atoms with E-state index in [0.29, 0.717) is 23.7 Å². The fourth-order valence-corrected chi connectivity index (χ4v) is 1.83. The third-order valence-corrected chi connectivity index (χ3v) is 2.74. The van der Waals surface area contributed by atoms with Crippen molar-refractivity contribution in [1.29, 1.82) is 0 Å². The molecule has 0 saturated carbocycles. The number of halogens is 3. The molecule has 1 N–H and O–H groups in total. The summed E-state index contributed by atoms with van der Waals surface area (Å²) in [5.41, 5.74) is 0.613. The first-order valence-electron chi connectivity index (χ1n) is 6.54. The van der Waals surface area contributed by atoms with E-state index in [0.717, 1.165) is 13.0 Å². The van der Waals surface area contributed by atoms with Crippen LogP contribution >= 0.6 is 11.6 Å². The van der Waals surface area contributed by atoms with Gasteiger partial charge >= 0.3 is 6.61 Å². The Morgan fingerprint density at radius 1 is 1.30 bits per heavy atom. The first-order chi connectivity index (χ1) is 9.49. The van der Waals surface area contributed by atoms with Crippen LogP contribution in [0.3, 0.4) is 0 Å². The lowest BCUT2D eigenvalue weighted by Gasteiger charge is -2.12. The van der Waals surface area contributed by atoms with Crippen LogP contribution in [0.25, 0.3) is 0 Å². The van der Waals surface area contributed by atoms with Gasteiger partial charge in [0.05, 0.1) is 6.10 Å². The Kier molecular flexibility index (Phi) is 7.80. The molecule has 20 heavy (non-hydrogen) atoms. The van der Waals surface area contributed by atoms with E-state index in [-0.39, 0.29) is 11.9 Å². The Hall–Kier alpha value is -0.910. The van der Waals surface area contributed by atoms with Crippen molar-refractivity contribution in [2.45, 2.75) is 39.5 Å².